The molecule has 0 atom stereocenters. The van der Waals surface area contributed by atoms with E-state index in [4.69, 9.17) is 8.83 Å². The molecule has 126 valence electrons. The van der Waals surface area contributed by atoms with E-state index in [9.17, 15) is 9.59 Å². The van der Waals surface area contributed by atoms with Crippen LogP contribution in [0.4, 0.5) is 0 Å². The summed E-state index contributed by atoms with van der Waals surface area (Å²) in [6.45, 7) is 3.07. The van der Waals surface area contributed by atoms with Gasteiger partial charge in [-0.25, -0.2) is 0 Å². The van der Waals surface area contributed by atoms with Gasteiger partial charge in [0.05, 0.1) is 0 Å². The van der Waals surface area contributed by atoms with Crippen LogP contribution in [0, 0.1) is 0 Å². The number of carbonyl (C=O) groups is 2. The first-order valence-electron chi connectivity index (χ1n) is 8.36. The first kappa shape index (κ1) is 14.9. The molecule has 0 saturated carbocycles. The summed E-state index contributed by atoms with van der Waals surface area (Å²) < 4.78 is 12.1. The topological polar surface area (TPSA) is 60.4 Å². The Morgan fingerprint density at radius 3 is 1.38 bits per heavy atom. The van der Waals surface area contributed by atoms with E-state index in [0.717, 1.165) is 21.5 Å². The Kier molecular flexibility index (Phi) is 2.89. The molecular formula is C22H14O4. The second-order valence-corrected chi connectivity index (χ2v) is 6.56. The zero-order valence-electron chi connectivity index (χ0n) is 14.3. The van der Waals surface area contributed by atoms with Gasteiger partial charge in [-0.2, -0.15) is 0 Å². The number of ketones is 2. The van der Waals surface area contributed by atoms with Crippen molar-refractivity contribution in [3.8, 4) is 0 Å². The van der Waals surface area contributed by atoms with Gasteiger partial charge in [0, 0.05) is 32.7 Å². The molecule has 0 spiro atoms. The molecule has 0 unspecified atom stereocenters. The van der Waals surface area contributed by atoms with Crippen molar-refractivity contribution in [2.24, 2.45) is 0 Å². The van der Waals surface area contributed by atoms with Gasteiger partial charge in [-0.3, -0.25) is 9.59 Å². The van der Waals surface area contributed by atoms with Crippen LogP contribution < -0.4 is 0 Å². The molecule has 5 aromatic rings. The van der Waals surface area contributed by atoms with E-state index in [1.54, 1.807) is 12.1 Å². The second kappa shape index (κ2) is 5.05. The van der Waals surface area contributed by atoms with E-state index in [1.165, 1.54) is 13.8 Å². The van der Waals surface area contributed by atoms with Crippen molar-refractivity contribution in [3.63, 3.8) is 0 Å². The van der Waals surface area contributed by atoms with Crippen LogP contribution in [-0.2, 0) is 0 Å². The van der Waals surface area contributed by atoms with Crippen molar-refractivity contribution in [2.45, 2.75) is 13.8 Å². The molecule has 2 aromatic heterocycles. The molecule has 2 heterocycles. The molecule has 0 bridgehead atoms. The Hall–Kier alpha value is -3.40. The third-order valence-corrected chi connectivity index (χ3v) is 4.89. The SMILES string of the molecule is CC(=O)c1ccc2c(c1)oc1c2ccc2c3ccc(C(C)=O)cc3oc21. The quantitative estimate of drug-likeness (QED) is 0.375. The maximum Gasteiger partial charge on any atom is 0.178 e. The predicted molar refractivity (Wildman–Crippen MR) is 101 cm³/mol. The van der Waals surface area contributed by atoms with Gasteiger partial charge in [-0.05, 0) is 50.2 Å². The number of benzene rings is 3. The highest BCUT2D eigenvalue weighted by Crippen LogP contribution is 2.38. The molecule has 4 nitrogen and oxygen atoms in total. The van der Waals surface area contributed by atoms with Gasteiger partial charge in [0.2, 0.25) is 0 Å². The number of hydrogen-bond acceptors (Lipinski definition) is 4. The summed E-state index contributed by atoms with van der Waals surface area (Å²) in [5.74, 6) is -0.00370. The van der Waals surface area contributed by atoms with Crippen LogP contribution in [0.5, 0.6) is 0 Å². The van der Waals surface area contributed by atoms with Crippen LogP contribution in [0.25, 0.3) is 43.9 Å². The summed E-state index contributed by atoms with van der Waals surface area (Å²) in [6.07, 6.45) is 0. The van der Waals surface area contributed by atoms with Gasteiger partial charge < -0.3 is 8.83 Å². The molecule has 0 aliphatic rings. The van der Waals surface area contributed by atoms with Gasteiger partial charge in [0.15, 0.2) is 22.7 Å². The number of hydrogen-bond donors (Lipinski definition) is 0. The van der Waals surface area contributed by atoms with Gasteiger partial charge in [-0.15, -0.1) is 0 Å². The van der Waals surface area contributed by atoms with Crippen LogP contribution >= 0.6 is 0 Å². The summed E-state index contributed by atoms with van der Waals surface area (Å²) in [5, 5.41) is 3.76. The zero-order valence-corrected chi connectivity index (χ0v) is 14.3. The lowest BCUT2D eigenvalue weighted by molar-refractivity contribution is 0.100. The Labute approximate surface area is 148 Å². The second-order valence-electron chi connectivity index (χ2n) is 6.56. The maximum atomic E-state index is 11.6. The van der Waals surface area contributed by atoms with E-state index in [1.807, 2.05) is 36.4 Å². The van der Waals surface area contributed by atoms with Gasteiger partial charge in [0.1, 0.15) is 11.2 Å². The highest BCUT2D eigenvalue weighted by atomic mass is 16.4. The van der Waals surface area contributed by atoms with Crippen LogP contribution in [0.1, 0.15) is 34.6 Å². The van der Waals surface area contributed by atoms with Gasteiger partial charge in [0.25, 0.3) is 0 Å². The number of fused-ring (bicyclic) bond motifs is 7. The Morgan fingerprint density at radius 1 is 0.615 bits per heavy atom. The van der Waals surface area contributed by atoms with Crippen molar-refractivity contribution in [1.82, 2.24) is 0 Å². The normalized spacial score (nSPS) is 11.8. The summed E-state index contributed by atoms with van der Waals surface area (Å²) >= 11 is 0. The van der Waals surface area contributed by atoms with Crippen LogP contribution in [0.15, 0.2) is 57.4 Å². The number of furan rings is 2. The largest absolute Gasteiger partial charge is 0.452 e. The van der Waals surface area contributed by atoms with E-state index in [2.05, 4.69) is 0 Å². The number of rotatable bonds is 2. The fourth-order valence-corrected chi connectivity index (χ4v) is 3.51. The molecule has 0 radical (unpaired) electrons. The lowest BCUT2D eigenvalue weighted by Crippen LogP contribution is -1.89. The van der Waals surface area contributed by atoms with Crippen LogP contribution in [-0.4, -0.2) is 11.6 Å². The predicted octanol–water partition coefficient (Wildman–Crippen LogP) is 5.89. The Bertz CT molecular complexity index is 1270. The lowest BCUT2D eigenvalue weighted by atomic mass is 10.1. The highest BCUT2D eigenvalue weighted by molar-refractivity contribution is 6.19. The summed E-state index contributed by atoms with van der Waals surface area (Å²) in [5.41, 5.74) is 3.85. The van der Waals surface area contributed by atoms with Crippen molar-refractivity contribution in [1.29, 1.82) is 0 Å². The Balaban J connectivity index is 1.88. The standard InChI is InChI=1S/C22H14O4/c1-11(23)13-3-5-15-17-7-8-18-16-6-4-14(12(2)24)10-20(16)26-22(18)21(17)25-19(15)9-13/h3-10H,1-2H3. The fraction of sp³-hybridized carbons (Fsp3) is 0.0909. The molecule has 4 heteroatoms. The van der Waals surface area contributed by atoms with Crippen molar-refractivity contribution < 1.29 is 18.4 Å². The first-order valence-corrected chi connectivity index (χ1v) is 8.36. The smallest absolute Gasteiger partial charge is 0.178 e. The van der Waals surface area contributed by atoms with Crippen molar-refractivity contribution in [3.05, 3.63) is 59.7 Å². The first-order chi connectivity index (χ1) is 12.5. The van der Waals surface area contributed by atoms with E-state index >= 15 is 0 Å². The zero-order chi connectivity index (χ0) is 18.0. The average Bonchev–Trinajstić information content (AvgIpc) is 3.18. The Morgan fingerprint density at radius 2 is 1.00 bits per heavy atom. The number of Topliss-reactive ketones (excluding diaryl/α,β-unsaturated/α-hetero) is 2. The minimum absolute atomic E-state index is 0.00185. The summed E-state index contributed by atoms with van der Waals surface area (Å²) in [4.78, 5) is 23.3. The lowest BCUT2D eigenvalue weighted by Gasteiger charge is -1.94. The monoisotopic (exact) mass is 342 g/mol. The number of carbonyl (C=O) groups excluding carboxylic acids is 2. The van der Waals surface area contributed by atoms with E-state index < -0.39 is 0 Å². The molecule has 0 fully saturated rings. The average molecular weight is 342 g/mol. The highest BCUT2D eigenvalue weighted by Gasteiger charge is 2.17. The molecule has 5 rings (SSSR count). The molecule has 0 saturated heterocycles. The fourth-order valence-electron chi connectivity index (χ4n) is 3.51. The maximum absolute atomic E-state index is 11.6. The third kappa shape index (κ3) is 1.96. The van der Waals surface area contributed by atoms with Gasteiger partial charge >= 0.3 is 0 Å². The van der Waals surface area contributed by atoms with Crippen molar-refractivity contribution in [2.75, 3.05) is 0 Å². The van der Waals surface area contributed by atoms with Crippen LogP contribution in [0.3, 0.4) is 0 Å². The molecule has 3 aromatic carbocycles. The van der Waals surface area contributed by atoms with Crippen molar-refractivity contribution >= 4 is 55.4 Å². The summed E-state index contributed by atoms with van der Waals surface area (Å²) in [6, 6.07) is 15.0. The molecule has 0 N–H and O–H groups in total. The minimum Gasteiger partial charge on any atom is -0.452 e. The summed E-state index contributed by atoms with van der Waals surface area (Å²) in [7, 11) is 0. The third-order valence-electron chi connectivity index (χ3n) is 4.89. The molecule has 0 aliphatic heterocycles. The van der Waals surface area contributed by atoms with E-state index in [-0.39, 0.29) is 11.6 Å². The van der Waals surface area contributed by atoms with E-state index in [0.29, 0.717) is 33.5 Å². The minimum atomic E-state index is -0.00185. The van der Waals surface area contributed by atoms with Crippen LogP contribution in [0.2, 0.25) is 0 Å². The molecule has 26 heavy (non-hydrogen) atoms. The molecule has 0 amide bonds. The molecular weight excluding hydrogens is 328 g/mol. The van der Waals surface area contributed by atoms with Gasteiger partial charge in [-0.1, -0.05) is 12.1 Å². The molecule has 0 aliphatic carbocycles.